The second-order valence-electron chi connectivity index (χ2n) is 7.29. The van der Waals surface area contributed by atoms with Crippen LogP contribution < -0.4 is 0 Å². The normalized spacial score (nSPS) is 47.1. The first-order chi connectivity index (χ1) is 7.38. The Morgan fingerprint density at radius 3 is 2.31 bits per heavy atom. The average Bonchev–Trinajstić information content (AvgIpc) is 2.22. The molecule has 2 rings (SSSR count). The molecular formula is C15H26O. The van der Waals surface area contributed by atoms with Gasteiger partial charge >= 0.3 is 0 Å². The second-order valence-corrected chi connectivity index (χ2v) is 7.29. The third kappa shape index (κ3) is 1.94. The third-order valence-corrected chi connectivity index (χ3v) is 5.50. The first-order valence-corrected chi connectivity index (χ1v) is 6.84. The van der Waals surface area contributed by atoms with E-state index in [1.807, 2.05) is 0 Å². The summed E-state index contributed by atoms with van der Waals surface area (Å²) >= 11 is 0. The van der Waals surface area contributed by atoms with Crippen LogP contribution in [-0.2, 0) is 4.79 Å². The molecule has 16 heavy (non-hydrogen) atoms. The molecule has 0 bridgehead atoms. The van der Waals surface area contributed by atoms with Crippen molar-refractivity contribution in [2.45, 2.75) is 59.8 Å². The number of hydrogen-bond donors (Lipinski definition) is 0. The van der Waals surface area contributed by atoms with Crippen LogP contribution in [-0.4, -0.2) is 6.29 Å². The maximum atomic E-state index is 11.2. The van der Waals surface area contributed by atoms with Gasteiger partial charge in [0.1, 0.15) is 6.29 Å². The van der Waals surface area contributed by atoms with Crippen LogP contribution in [0.15, 0.2) is 0 Å². The van der Waals surface area contributed by atoms with E-state index < -0.39 is 0 Å². The Balaban J connectivity index is 2.10. The van der Waals surface area contributed by atoms with E-state index in [4.69, 9.17) is 0 Å². The largest absolute Gasteiger partial charge is 0.303 e. The zero-order valence-corrected chi connectivity index (χ0v) is 11.3. The number of carbonyl (C=O) groups excluding carboxylic acids is 1. The monoisotopic (exact) mass is 222 g/mol. The standard InChI is InChI=1S/C15H26O/c1-11-5-7-15(4,10-16)8-6-13-12(11)9-14(13,2)3/h10-13H,5-9H2,1-4H3. The van der Waals surface area contributed by atoms with Crippen molar-refractivity contribution in [3.8, 4) is 0 Å². The Morgan fingerprint density at radius 2 is 1.75 bits per heavy atom. The topological polar surface area (TPSA) is 17.1 Å². The fraction of sp³-hybridized carbons (Fsp3) is 0.933. The van der Waals surface area contributed by atoms with Gasteiger partial charge in [0.15, 0.2) is 0 Å². The number of rotatable bonds is 1. The van der Waals surface area contributed by atoms with Gasteiger partial charge in [-0.15, -0.1) is 0 Å². The highest BCUT2D eigenvalue weighted by Gasteiger charge is 2.50. The summed E-state index contributed by atoms with van der Waals surface area (Å²) in [5.41, 5.74) is 0.491. The van der Waals surface area contributed by atoms with Gasteiger partial charge in [-0.25, -0.2) is 0 Å². The predicted octanol–water partition coefficient (Wildman–Crippen LogP) is 4.06. The van der Waals surface area contributed by atoms with Crippen LogP contribution >= 0.6 is 0 Å². The van der Waals surface area contributed by atoms with E-state index >= 15 is 0 Å². The molecule has 1 heteroatoms. The molecule has 2 fully saturated rings. The van der Waals surface area contributed by atoms with Crippen molar-refractivity contribution >= 4 is 6.29 Å². The van der Waals surface area contributed by atoms with E-state index in [-0.39, 0.29) is 5.41 Å². The minimum Gasteiger partial charge on any atom is -0.303 e. The molecule has 0 aromatic carbocycles. The zero-order chi connectivity index (χ0) is 12.0. The van der Waals surface area contributed by atoms with Crippen molar-refractivity contribution in [3.05, 3.63) is 0 Å². The Morgan fingerprint density at radius 1 is 1.12 bits per heavy atom. The predicted molar refractivity (Wildman–Crippen MR) is 67.2 cm³/mol. The van der Waals surface area contributed by atoms with Gasteiger partial charge in [0, 0.05) is 5.41 Å². The molecule has 0 radical (unpaired) electrons. The molecule has 4 unspecified atom stereocenters. The van der Waals surface area contributed by atoms with Gasteiger partial charge in [-0.3, -0.25) is 0 Å². The highest BCUT2D eigenvalue weighted by molar-refractivity contribution is 5.58. The van der Waals surface area contributed by atoms with Gasteiger partial charge in [-0.1, -0.05) is 27.7 Å². The molecule has 0 aromatic heterocycles. The molecule has 0 aliphatic heterocycles. The zero-order valence-electron chi connectivity index (χ0n) is 11.3. The van der Waals surface area contributed by atoms with Crippen LogP contribution in [0, 0.1) is 28.6 Å². The first-order valence-electron chi connectivity index (χ1n) is 6.84. The summed E-state index contributed by atoms with van der Waals surface area (Å²) in [5, 5.41) is 0. The molecule has 2 aliphatic rings. The molecule has 0 spiro atoms. The Kier molecular flexibility index (Phi) is 2.92. The van der Waals surface area contributed by atoms with Crippen molar-refractivity contribution in [3.63, 3.8) is 0 Å². The van der Waals surface area contributed by atoms with Crippen molar-refractivity contribution in [1.29, 1.82) is 0 Å². The maximum Gasteiger partial charge on any atom is 0.125 e. The number of aldehydes is 1. The van der Waals surface area contributed by atoms with E-state index in [1.54, 1.807) is 0 Å². The fourth-order valence-electron chi connectivity index (χ4n) is 4.02. The average molecular weight is 222 g/mol. The molecule has 4 atom stereocenters. The summed E-state index contributed by atoms with van der Waals surface area (Å²) in [5.74, 6) is 2.62. The summed E-state index contributed by atoms with van der Waals surface area (Å²) < 4.78 is 0. The van der Waals surface area contributed by atoms with Crippen LogP contribution in [0.5, 0.6) is 0 Å². The van der Waals surface area contributed by atoms with Crippen molar-refractivity contribution in [2.24, 2.45) is 28.6 Å². The lowest BCUT2D eigenvalue weighted by Crippen LogP contribution is -2.48. The van der Waals surface area contributed by atoms with Crippen LogP contribution in [0.4, 0.5) is 0 Å². The van der Waals surface area contributed by atoms with Crippen LogP contribution in [0.1, 0.15) is 59.8 Å². The minimum absolute atomic E-state index is 0.0368. The van der Waals surface area contributed by atoms with Crippen LogP contribution in [0.25, 0.3) is 0 Å². The summed E-state index contributed by atoms with van der Waals surface area (Å²) in [6, 6.07) is 0. The van der Waals surface area contributed by atoms with E-state index in [0.717, 1.165) is 30.6 Å². The molecular weight excluding hydrogens is 196 g/mol. The summed E-state index contributed by atoms with van der Waals surface area (Å²) in [6.07, 6.45) is 7.32. The molecule has 0 aromatic rings. The molecule has 2 saturated carbocycles. The van der Waals surface area contributed by atoms with Crippen molar-refractivity contribution < 1.29 is 4.79 Å². The Labute approximate surface area is 100.0 Å². The van der Waals surface area contributed by atoms with E-state index in [0.29, 0.717) is 5.41 Å². The van der Waals surface area contributed by atoms with Crippen LogP contribution in [0.3, 0.4) is 0 Å². The number of carbonyl (C=O) groups is 1. The Bertz CT molecular complexity index is 281. The first kappa shape index (κ1) is 12.1. The molecule has 0 amide bonds. The van der Waals surface area contributed by atoms with Gasteiger partial charge in [-0.05, 0) is 55.3 Å². The highest BCUT2D eigenvalue weighted by atomic mass is 16.1. The smallest absolute Gasteiger partial charge is 0.125 e. The lowest BCUT2D eigenvalue weighted by Gasteiger charge is -2.56. The quantitative estimate of drug-likeness (QED) is 0.611. The van der Waals surface area contributed by atoms with E-state index in [2.05, 4.69) is 27.7 Å². The summed E-state index contributed by atoms with van der Waals surface area (Å²) in [7, 11) is 0. The Hall–Kier alpha value is -0.330. The van der Waals surface area contributed by atoms with Crippen molar-refractivity contribution in [1.82, 2.24) is 0 Å². The van der Waals surface area contributed by atoms with Crippen molar-refractivity contribution in [2.75, 3.05) is 0 Å². The third-order valence-electron chi connectivity index (χ3n) is 5.50. The summed E-state index contributed by atoms with van der Waals surface area (Å²) in [4.78, 5) is 11.2. The molecule has 1 nitrogen and oxygen atoms in total. The number of hydrogen-bond acceptors (Lipinski definition) is 1. The fourth-order valence-corrected chi connectivity index (χ4v) is 4.02. The van der Waals surface area contributed by atoms with Gasteiger partial charge in [0.25, 0.3) is 0 Å². The highest BCUT2D eigenvalue weighted by Crippen LogP contribution is 2.58. The van der Waals surface area contributed by atoms with Gasteiger partial charge in [-0.2, -0.15) is 0 Å². The summed E-state index contributed by atoms with van der Waals surface area (Å²) in [6.45, 7) is 9.35. The lowest BCUT2D eigenvalue weighted by atomic mass is 9.49. The molecule has 2 aliphatic carbocycles. The molecule has 0 N–H and O–H groups in total. The van der Waals surface area contributed by atoms with E-state index in [1.165, 1.54) is 25.5 Å². The lowest BCUT2D eigenvalue weighted by molar-refractivity contribution is -0.120. The van der Waals surface area contributed by atoms with Crippen LogP contribution in [0.2, 0.25) is 0 Å². The van der Waals surface area contributed by atoms with E-state index in [9.17, 15) is 4.79 Å². The second kappa shape index (κ2) is 3.85. The minimum atomic E-state index is -0.0368. The molecule has 0 heterocycles. The molecule has 0 saturated heterocycles. The van der Waals surface area contributed by atoms with Gasteiger partial charge in [0.2, 0.25) is 0 Å². The SMILES string of the molecule is CC1CCC(C)(C=O)CCC2C1CC2(C)C. The number of fused-ring (bicyclic) bond motifs is 1. The van der Waals surface area contributed by atoms with Gasteiger partial charge in [0.05, 0.1) is 0 Å². The maximum absolute atomic E-state index is 11.2. The van der Waals surface area contributed by atoms with Gasteiger partial charge < -0.3 is 4.79 Å². The molecule has 92 valence electrons.